The van der Waals surface area contributed by atoms with Crippen molar-refractivity contribution in [3.05, 3.63) is 96.4 Å². The quantitative estimate of drug-likeness (QED) is 0.255. The predicted octanol–water partition coefficient (Wildman–Crippen LogP) is 5.44. The molecule has 0 bridgehead atoms. The summed E-state index contributed by atoms with van der Waals surface area (Å²) in [4.78, 5) is 33.0. The lowest BCUT2D eigenvalue weighted by atomic mass is 10.0. The number of hydrogen-bond donors (Lipinski definition) is 1. The van der Waals surface area contributed by atoms with Crippen LogP contribution in [0.15, 0.2) is 85.3 Å². The molecule has 0 atom stereocenters. The predicted molar refractivity (Wildman–Crippen MR) is 164 cm³/mol. The van der Waals surface area contributed by atoms with Crippen molar-refractivity contribution in [3.8, 4) is 21.7 Å². The third-order valence-corrected chi connectivity index (χ3v) is 8.32. The van der Waals surface area contributed by atoms with E-state index in [1.54, 1.807) is 19.5 Å². The number of hydrogen-bond acceptors (Lipinski definition) is 8. The van der Waals surface area contributed by atoms with E-state index >= 15 is 0 Å². The van der Waals surface area contributed by atoms with Crippen LogP contribution in [0.5, 0.6) is 0 Å². The van der Waals surface area contributed by atoms with Gasteiger partial charge in [-0.1, -0.05) is 41.7 Å². The van der Waals surface area contributed by atoms with Crippen molar-refractivity contribution in [1.82, 2.24) is 24.8 Å². The molecule has 5 aromatic rings. The molecule has 0 unspecified atom stereocenters. The summed E-state index contributed by atoms with van der Waals surface area (Å²) in [6, 6.07) is 21.4. The fourth-order valence-electron chi connectivity index (χ4n) is 5.06. The van der Waals surface area contributed by atoms with Crippen molar-refractivity contribution in [2.45, 2.75) is 6.54 Å². The molecule has 0 saturated carbocycles. The molecule has 1 fully saturated rings. The molecular formula is C32H32N6O2S. The number of fused-ring (bicyclic) bond motifs is 1. The molecule has 1 N–H and O–H groups in total. The number of amides is 1. The van der Waals surface area contributed by atoms with Crippen molar-refractivity contribution in [3.63, 3.8) is 0 Å². The van der Waals surface area contributed by atoms with Gasteiger partial charge in [-0.2, -0.15) is 0 Å². The van der Waals surface area contributed by atoms with E-state index < -0.39 is 0 Å². The molecule has 208 valence electrons. The van der Waals surface area contributed by atoms with Gasteiger partial charge >= 0.3 is 0 Å². The number of aromatic nitrogens is 3. The average Bonchev–Trinajstić information content (AvgIpc) is 3.45. The van der Waals surface area contributed by atoms with Gasteiger partial charge in [-0.15, -0.1) is 0 Å². The van der Waals surface area contributed by atoms with Crippen LogP contribution >= 0.6 is 11.3 Å². The molecule has 4 heterocycles. The Morgan fingerprint density at radius 2 is 1.78 bits per heavy atom. The van der Waals surface area contributed by atoms with Crippen LogP contribution in [0.25, 0.3) is 32.0 Å². The van der Waals surface area contributed by atoms with Crippen LogP contribution < -0.4 is 5.32 Å². The molecule has 0 radical (unpaired) electrons. The van der Waals surface area contributed by atoms with Gasteiger partial charge in [0.15, 0.2) is 0 Å². The summed E-state index contributed by atoms with van der Waals surface area (Å²) >= 11 is 1.54. The van der Waals surface area contributed by atoms with Crippen molar-refractivity contribution in [2.75, 3.05) is 51.8 Å². The fraction of sp³-hybridized carbons (Fsp3) is 0.250. The number of methoxy groups -OCH3 is 1. The SMILES string of the molecule is COCCN1CCN(Cc2cnc3sc(-c4ccccc4NC(=O)c4cccc(-c5cccnc5)c4)nc3c2)CC1. The molecule has 0 aliphatic carbocycles. The second kappa shape index (κ2) is 12.7. The van der Waals surface area contributed by atoms with Gasteiger partial charge in [0.05, 0.1) is 12.3 Å². The van der Waals surface area contributed by atoms with Gasteiger partial charge < -0.3 is 10.1 Å². The Bertz CT molecular complexity index is 1630. The van der Waals surface area contributed by atoms with Crippen molar-refractivity contribution < 1.29 is 9.53 Å². The Kier molecular flexibility index (Phi) is 8.39. The van der Waals surface area contributed by atoms with Crippen LogP contribution in [0.2, 0.25) is 0 Å². The summed E-state index contributed by atoms with van der Waals surface area (Å²) in [5.74, 6) is -0.174. The summed E-state index contributed by atoms with van der Waals surface area (Å²) in [7, 11) is 1.75. The highest BCUT2D eigenvalue weighted by Crippen LogP contribution is 2.34. The summed E-state index contributed by atoms with van der Waals surface area (Å²) in [5.41, 5.74) is 6.13. The lowest BCUT2D eigenvalue weighted by Gasteiger charge is -2.34. The number of pyridine rings is 2. The van der Waals surface area contributed by atoms with Crippen molar-refractivity contribution in [2.24, 2.45) is 0 Å². The molecule has 1 aliphatic rings. The number of benzene rings is 2. The van der Waals surface area contributed by atoms with Gasteiger partial charge in [0.1, 0.15) is 15.4 Å². The molecule has 2 aromatic carbocycles. The first-order valence-corrected chi connectivity index (χ1v) is 14.6. The number of rotatable bonds is 9. The van der Waals surface area contributed by atoms with Crippen LogP contribution in [0.4, 0.5) is 5.69 Å². The Morgan fingerprint density at radius 1 is 0.951 bits per heavy atom. The minimum absolute atomic E-state index is 0.174. The molecule has 6 rings (SSSR count). The highest BCUT2D eigenvalue weighted by Gasteiger charge is 2.18. The zero-order valence-electron chi connectivity index (χ0n) is 23.0. The molecule has 1 aliphatic heterocycles. The van der Waals surface area contributed by atoms with E-state index in [0.29, 0.717) is 5.56 Å². The lowest BCUT2D eigenvalue weighted by molar-refractivity contribution is 0.0938. The number of thiazole rings is 1. The molecule has 9 heteroatoms. The molecular weight excluding hydrogens is 532 g/mol. The average molecular weight is 565 g/mol. The Morgan fingerprint density at radius 3 is 2.61 bits per heavy atom. The molecule has 1 amide bonds. The highest BCUT2D eigenvalue weighted by atomic mass is 32.1. The van der Waals surface area contributed by atoms with Gasteiger partial charge in [0, 0.05) is 81.7 Å². The summed E-state index contributed by atoms with van der Waals surface area (Å²) in [6.07, 6.45) is 5.50. The van der Waals surface area contributed by atoms with E-state index in [4.69, 9.17) is 14.7 Å². The normalized spacial score (nSPS) is 14.4. The van der Waals surface area contributed by atoms with Gasteiger partial charge in [-0.25, -0.2) is 9.97 Å². The van der Waals surface area contributed by atoms with E-state index in [1.165, 1.54) is 11.3 Å². The van der Waals surface area contributed by atoms with Gasteiger partial charge in [0.2, 0.25) is 0 Å². The Balaban J connectivity index is 1.17. The van der Waals surface area contributed by atoms with E-state index in [2.05, 4.69) is 26.2 Å². The van der Waals surface area contributed by atoms with Gasteiger partial charge in [0.25, 0.3) is 5.91 Å². The third kappa shape index (κ3) is 6.49. The monoisotopic (exact) mass is 564 g/mol. The lowest BCUT2D eigenvalue weighted by Crippen LogP contribution is -2.46. The van der Waals surface area contributed by atoms with Gasteiger partial charge in [-0.3, -0.25) is 19.6 Å². The summed E-state index contributed by atoms with van der Waals surface area (Å²) < 4.78 is 5.22. The highest BCUT2D eigenvalue weighted by molar-refractivity contribution is 7.21. The van der Waals surface area contributed by atoms with Crippen LogP contribution in [-0.2, 0) is 11.3 Å². The molecule has 1 saturated heterocycles. The second-order valence-corrected chi connectivity index (χ2v) is 11.1. The largest absolute Gasteiger partial charge is 0.383 e. The number of anilines is 1. The number of nitrogens with one attached hydrogen (secondary N) is 1. The number of para-hydroxylation sites is 1. The summed E-state index contributed by atoms with van der Waals surface area (Å²) in [5, 5.41) is 3.93. The van der Waals surface area contributed by atoms with E-state index in [-0.39, 0.29) is 5.91 Å². The number of piperazine rings is 1. The first kappa shape index (κ1) is 27.2. The molecule has 41 heavy (non-hydrogen) atoms. The van der Waals surface area contributed by atoms with Crippen LogP contribution in [0.3, 0.4) is 0 Å². The minimum atomic E-state index is -0.174. The van der Waals surface area contributed by atoms with E-state index in [0.717, 1.165) is 89.2 Å². The smallest absolute Gasteiger partial charge is 0.255 e. The zero-order valence-corrected chi connectivity index (χ0v) is 23.8. The zero-order chi connectivity index (χ0) is 28.0. The van der Waals surface area contributed by atoms with Crippen LogP contribution in [-0.4, -0.2) is 77.1 Å². The number of carbonyl (C=O) groups is 1. The van der Waals surface area contributed by atoms with Crippen LogP contribution in [0, 0.1) is 0 Å². The second-order valence-electron chi connectivity index (χ2n) is 10.1. The fourth-order valence-corrected chi connectivity index (χ4v) is 5.99. The number of carbonyl (C=O) groups excluding carboxylic acids is 1. The van der Waals surface area contributed by atoms with Gasteiger partial charge in [-0.05, 0) is 47.5 Å². The van der Waals surface area contributed by atoms with Crippen LogP contribution in [0.1, 0.15) is 15.9 Å². The number of ether oxygens (including phenoxy) is 1. The Labute approximate surface area is 243 Å². The Hall–Kier alpha value is -4.02. The maximum Gasteiger partial charge on any atom is 0.255 e. The standard InChI is InChI=1S/C32H32N6O2S/c1-40-17-16-37-12-14-38(15-13-37)22-23-18-29-32(34-20-23)41-31(36-29)27-9-2-3-10-28(27)35-30(39)25-7-4-6-24(19-25)26-8-5-11-33-21-26/h2-11,18-21H,12-17,22H2,1H3,(H,35,39). The first-order chi connectivity index (χ1) is 20.2. The third-order valence-electron chi connectivity index (χ3n) is 7.31. The number of nitrogens with zero attached hydrogens (tertiary/aromatic N) is 5. The maximum absolute atomic E-state index is 13.3. The molecule has 3 aromatic heterocycles. The minimum Gasteiger partial charge on any atom is -0.383 e. The van der Waals surface area contributed by atoms with E-state index in [9.17, 15) is 4.79 Å². The summed E-state index contributed by atoms with van der Waals surface area (Å²) in [6.45, 7) is 6.79. The topological polar surface area (TPSA) is 83.5 Å². The van der Waals surface area contributed by atoms with Crippen molar-refractivity contribution in [1.29, 1.82) is 0 Å². The maximum atomic E-state index is 13.3. The first-order valence-electron chi connectivity index (χ1n) is 13.8. The molecule has 0 spiro atoms. The van der Waals surface area contributed by atoms with E-state index in [1.807, 2.05) is 66.9 Å². The molecule has 8 nitrogen and oxygen atoms in total. The van der Waals surface area contributed by atoms with Crippen molar-refractivity contribution >= 4 is 33.3 Å².